The lowest BCUT2D eigenvalue weighted by atomic mass is 9.99. The molecule has 19 heavy (non-hydrogen) atoms. The molecular formula is C14H11F2NO2. The van der Waals surface area contributed by atoms with E-state index in [2.05, 4.69) is 4.98 Å². The van der Waals surface area contributed by atoms with E-state index >= 15 is 0 Å². The van der Waals surface area contributed by atoms with Crippen LogP contribution in [-0.2, 0) is 0 Å². The van der Waals surface area contributed by atoms with Crippen molar-refractivity contribution in [3.63, 3.8) is 0 Å². The largest absolute Gasteiger partial charge is 0.478 e. The lowest BCUT2D eigenvalue weighted by Crippen LogP contribution is -2.08. The van der Waals surface area contributed by atoms with Crippen molar-refractivity contribution in [1.82, 2.24) is 4.98 Å². The van der Waals surface area contributed by atoms with Gasteiger partial charge in [-0.1, -0.05) is 0 Å². The van der Waals surface area contributed by atoms with Crippen LogP contribution >= 0.6 is 0 Å². The zero-order valence-electron chi connectivity index (χ0n) is 10.2. The number of fused-ring (bicyclic) bond motifs is 1. The first kappa shape index (κ1) is 12.0. The molecule has 3 rings (SSSR count). The molecule has 0 bridgehead atoms. The number of carboxylic acids is 1. The van der Waals surface area contributed by atoms with Crippen LogP contribution in [0.2, 0.25) is 0 Å². The Bertz CT molecular complexity index is 708. The maximum Gasteiger partial charge on any atom is 0.336 e. The molecule has 98 valence electrons. The summed E-state index contributed by atoms with van der Waals surface area (Å²) in [6.45, 7) is 1.61. The van der Waals surface area contributed by atoms with Crippen LogP contribution in [0, 0.1) is 18.6 Å². The minimum Gasteiger partial charge on any atom is -0.478 e. The summed E-state index contributed by atoms with van der Waals surface area (Å²) in [7, 11) is 0. The number of aromatic carboxylic acids is 1. The highest BCUT2D eigenvalue weighted by Gasteiger charge is 2.31. The monoisotopic (exact) mass is 263 g/mol. The van der Waals surface area contributed by atoms with Gasteiger partial charge in [-0.2, -0.15) is 0 Å². The quantitative estimate of drug-likeness (QED) is 0.903. The van der Waals surface area contributed by atoms with Crippen molar-refractivity contribution in [2.75, 3.05) is 0 Å². The van der Waals surface area contributed by atoms with Gasteiger partial charge >= 0.3 is 5.97 Å². The molecule has 0 atom stereocenters. The molecule has 1 aromatic carbocycles. The van der Waals surface area contributed by atoms with Gasteiger partial charge in [-0.25, -0.2) is 18.6 Å². The van der Waals surface area contributed by atoms with Crippen LogP contribution in [0.5, 0.6) is 0 Å². The summed E-state index contributed by atoms with van der Waals surface area (Å²) in [6.07, 6.45) is 1.82. The SMILES string of the molecule is Cc1c(C2CC2)nc2c(F)ccc(F)c2c1C(=O)O. The van der Waals surface area contributed by atoms with Crippen LogP contribution in [0.1, 0.15) is 40.4 Å². The minimum absolute atomic E-state index is 0.171. The van der Waals surface area contributed by atoms with Crippen LogP contribution in [0.25, 0.3) is 10.9 Å². The molecule has 1 saturated carbocycles. The summed E-state index contributed by atoms with van der Waals surface area (Å²) in [5.41, 5.74) is 0.648. The Morgan fingerprint density at radius 2 is 1.95 bits per heavy atom. The Morgan fingerprint density at radius 3 is 2.53 bits per heavy atom. The number of halogens is 2. The number of aromatic nitrogens is 1. The average molecular weight is 263 g/mol. The van der Waals surface area contributed by atoms with E-state index in [1.807, 2.05) is 0 Å². The highest BCUT2D eigenvalue weighted by Crippen LogP contribution is 2.42. The molecule has 0 unspecified atom stereocenters. The Balaban J connectivity index is 2.48. The molecule has 0 amide bonds. The molecule has 1 aromatic heterocycles. The average Bonchev–Trinajstić information content (AvgIpc) is 3.17. The van der Waals surface area contributed by atoms with Crippen LogP contribution in [-0.4, -0.2) is 16.1 Å². The van der Waals surface area contributed by atoms with Crippen molar-refractivity contribution >= 4 is 16.9 Å². The molecule has 5 heteroatoms. The van der Waals surface area contributed by atoms with Crippen molar-refractivity contribution in [2.24, 2.45) is 0 Å². The van der Waals surface area contributed by atoms with Crippen molar-refractivity contribution in [3.05, 3.63) is 40.6 Å². The fourth-order valence-corrected chi connectivity index (χ4v) is 2.43. The predicted molar refractivity (Wildman–Crippen MR) is 65.3 cm³/mol. The number of carbonyl (C=O) groups is 1. The highest BCUT2D eigenvalue weighted by molar-refractivity contribution is 6.04. The maximum atomic E-state index is 13.8. The van der Waals surface area contributed by atoms with Gasteiger partial charge in [-0.3, -0.25) is 0 Å². The second-order valence-corrected chi connectivity index (χ2v) is 4.83. The molecule has 0 radical (unpaired) electrons. The van der Waals surface area contributed by atoms with Crippen LogP contribution < -0.4 is 0 Å². The molecule has 1 fully saturated rings. The molecule has 0 aliphatic heterocycles. The summed E-state index contributed by atoms with van der Waals surface area (Å²) in [5, 5.41) is 9.05. The molecule has 3 nitrogen and oxygen atoms in total. The summed E-state index contributed by atoms with van der Waals surface area (Å²) >= 11 is 0. The zero-order chi connectivity index (χ0) is 13.7. The summed E-state index contributed by atoms with van der Waals surface area (Å²) in [5.74, 6) is -2.53. The second kappa shape index (κ2) is 3.98. The predicted octanol–water partition coefficient (Wildman–Crippen LogP) is 3.40. The number of hydrogen-bond acceptors (Lipinski definition) is 2. The summed E-state index contributed by atoms with van der Waals surface area (Å²) < 4.78 is 27.6. The van der Waals surface area contributed by atoms with Crippen molar-refractivity contribution < 1.29 is 18.7 Å². The van der Waals surface area contributed by atoms with Crippen LogP contribution in [0.3, 0.4) is 0 Å². The number of hydrogen-bond donors (Lipinski definition) is 1. The zero-order valence-corrected chi connectivity index (χ0v) is 10.2. The van der Waals surface area contributed by atoms with E-state index in [-0.39, 0.29) is 22.4 Å². The summed E-state index contributed by atoms with van der Waals surface area (Å²) in [4.78, 5) is 15.5. The first-order valence-electron chi connectivity index (χ1n) is 6.02. The molecule has 1 aliphatic rings. The van der Waals surface area contributed by atoms with Gasteiger partial charge in [0.2, 0.25) is 0 Å². The van der Waals surface area contributed by atoms with E-state index in [1.54, 1.807) is 6.92 Å². The van der Waals surface area contributed by atoms with Gasteiger partial charge in [0, 0.05) is 11.6 Å². The van der Waals surface area contributed by atoms with Crippen LogP contribution in [0.4, 0.5) is 8.78 Å². The molecule has 2 aromatic rings. The fourth-order valence-electron chi connectivity index (χ4n) is 2.43. The van der Waals surface area contributed by atoms with Gasteiger partial charge in [-0.05, 0) is 37.5 Å². The highest BCUT2D eigenvalue weighted by atomic mass is 19.1. The molecule has 1 heterocycles. The number of rotatable bonds is 2. The van der Waals surface area contributed by atoms with E-state index in [0.717, 1.165) is 25.0 Å². The van der Waals surface area contributed by atoms with Gasteiger partial charge in [0.25, 0.3) is 0 Å². The molecular weight excluding hydrogens is 252 g/mol. The maximum absolute atomic E-state index is 13.8. The third-order valence-corrected chi connectivity index (χ3v) is 3.50. The van der Waals surface area contributed by atoms with E-state index in [4.69, 9.17) is 0 Å². The van der Waals surface area contributed by atoms with Crippen molar-refractivity contribution in [2.45, 2.75) is 25.7 Å². The minimum atomic E-state index is -1.25. The first-order chi connectivity index (χ1) is 9.00. The van der Waals surface area contributed by atoms with Gasteiger partial charge in [0.05, 0.1) is 10.9 Å². The third kappa shape index (κ3) is 1.77. The van der Waals surface area contributed by atoms with Crippen molar-refractivity contribution in [3.8, 4) is 0 Å². The first-order valence-corrected chi connectivity index (χ1v) is 6.02. The smallest absolute Gasteiger partial charge is 0.336 e. The standard InChI is InChI=1S/C14H11F2NO2/c1-6-10(14(18)19)11-8(15)4-5-9(16)13(11)17-12(6)7-2-3-7/h4-5,7H,2-3H2,1H3,(H,18,19). The van der Waals surface area contributed by atoms with E-state index in [0.29, 0.717) is 11.3 Å². The van der Waals surface area contributed by atoms with Crippen molar-refractivity contribution in [1.29, 1.82) is 0 Å². The third-order valence-electron chi connectivity index (χ3n) is 3.50. The Kier molecular flexibility index (Phi) is 2.52. The Labute approximate surface area is 107 Å². The van der Waals surface area contributed by atoms with E-state index < -0.39 is 17.6 Å². The van der Waals surface area contributed by atoms with Gasteiger partial charge in [-0.15, -0.1) is 0 Å². The van der Waals surface area contributed by atoms with E-state index in [1.165, 1.54) is 0 Å². The Morgan fingerprint density at radius 1 is 1.32 bits per heavy atom. The normalized spacial score (nSPS) is 14.9. The molecule has 1 N–H and O–H groups in total. The number of benzene rings is 1. The number of pyridine rings is 1. The lowest BCUT2D eigenvalue weighted by Gasteiger charge is -2.12. The van der Waals surface area contributed by atoms with Crippen LogP contribution in [0.15, 0.2) is 12.1 Å². The molecule has 0 spiro atoms. The topological polar surface area (TPSA) is 50.2 Å². The van der Waals surface area contributed by atoms with Gasteiger partial charge in [0.1, 0.15) is 17.2 Å². The fraction of sp³-hybridized carbons (Fsp3) is 0.286. The number of carboxylic acid groups (broad SMARTS) is 1. The van der Waals surface area contributed by atoms with Gasteiger partial charge < -0.3 is 5.11 Å². The van der Waals surface area contributed by atoms with Gasteiger partial charge in [0.15, 0.2) is 0 Å². The summed E-state index contributed by atoms with van der Waals surface area (Å²) in [6, 6.07) is 1.91. The Hall–Kier alpha value is -2.04. The lowest BCUT2D eigenvalue weighted by molar-refractivity contribution is 0.0697. The molecule has 0 saturated heterocycles. The van der Waals surface area contributed by atoms with E-state index in [9.17, 15) is 18.7 Å². The second-order valence-electron chi connectivity index (χ2n) is 4.83. The number of nitrogens with zero attached hydrogens (tertiary/aromatic N) is 1. The molecule has 1 aliphatic carbocycles.